The van der Waals surface area contributed by atoms with Crippen LogP contribution in [0.5, 0.6) is 0 Å². The van der Waals surface area contributed by atoms with Crippen molar-refractivity contribution >= 4 is 23.2 Å². The maximum absolute atomic E-state index is 9.07. The van der Waals surface area contributed by atoms with Crippen LogP contribution in [0, 0.1) is 5.92 Å². The highest BCUT2D eigenvalue weighted by atomic mass is 35.5. The van der Waals surface area contributed by atoms with Gasteiger partial charge in [0.2, 0.25) is 0 Å². The summed E-state index contributed by atoms with van der Waals surface area (Å²) in [7, 11) is 0. The van der Waals surface area contributed by atoms with Gasteiger partial charge in [0.15, 0.2) is 0 Å². The highest BCUT2D eigenvalue weighted by molar-refractivity contribution is 6.33. The van der Waals surface area contributed by atoms with E-state index >= 15 is 0 Å². The van der Waals surface area contributed by atoms with Crippen LogP contribution in [0.15, 0.2) is 18.2 Å². The second-order valence-corrected chi connectivity index (χ2v) is 4.24. The van der Waals surface area contributed by atoms with Crippen molar-refractivity contribution in [3.05, 3.63) is 33.8 Å². The molecule has 0 amide bonds. The summed E-state index contributed by atoms with van der Waals surface area (Å²) in [6, 6.07) is 5.43. The molecule has 0 aliphatic rings. The van der Waals surface area contributed by atoms with Gasteiger partial charge >= 0.3 is 0 Å². The Morgan fingerprint density at radius 2 is 2.07 bits per heavy atom. The van der Waals surface area contributed by atoms with Gasteiger partial charge in [0.05, 0.1) is 0 Å². The molecule has 1 aromatic rings. The number of benzene rings is 1. The van der Waals surface area contributed by atoms with E-state index in [2.05, 4.69) is 6.92 Å². The molecule has 78 valence electrons. The minimum atomic E-state index is 0.194. The first-order valence-electron chi connectivity index (χ1n) is 4.72. The highest BCUT2D eigenvalue weighted by Crippen LogP contribution is 2.23. The third-order valence-corrected chi connectivity index (χ3v) is 2.96. The SMILES string of the molecule is CCC(CO)Cc1cc(Cl)ccc1Cl. The fourth-order valence-corrected chi connectivity index (χ4v) is 1.74. The molecule has 0 saturated heterocycles. The minimum Gasteiger partial charge on any atom is -0.396 e. The van der Waals surface area contributed by atoms with Crippen molar-refractivity contribution in [3.8, 4) is 0 Å². The summed E-state index contributed by atoms with van der Waals surface area (Å²) >= 11 is 11.9. The lowest BCUT2D eigenvalue weighted by atomic mass is 9.98. The molecule has 1 aromatic carbocycles. The predicted molar refractivity (Wildman–Crippen MR) is 61.0 cm³/mol. The summed E-state index contributed by atoms with van der Waals surface area (Å²) in [6.07, 6.45) is 1.73. The molecule has 1 atom stereocenters. The van der Waals surface area contributed by atoms with Gasteiger partial charge in [-0.2, -0.15) is 0 Å². The molecule has 0 spiro atoms. The standard InChI is InChI=1S/C11H14Cl2O/c1-2-8(7-14)5-9-6-10(12)3-4-11(9)13/h3-4,6,8,14H,2,5,7H2,1H3. The van der Waals surface area contributed by atoms with E-state index in [1.807, 2.05) is 6.07 Å². The van der Waals surface area contributed by atoms with Gasteiger partial charge in [-0.3, -0.25) is 0 Å². The van der Waals surface area contributed by atoms with Crippen LogP contribution in [0.4, 0.5) is 0 Å². The molecule has 3 heteroatoms. The summed E-state index contributed by atoms with van der Waals surface area (Å²) in [5.41, 5.74) is 1.01. The zero-order valence-corrected chi connectivity index (χ0v) is 9.65. The van der Waals surface area contributed by atoms with Gasteiger partial charge in [0.1, 0.15) is 0 Å². The Labute approximate surface area is 94.7 Å². The van der Waals surface area contributed by atoms with Crippen LogP contribution in [0.25, 0.3) is 0 Å². The third-order valence-electron chi connectivity index (χ3n) is 2.35. The van der Waals surface area contributed by atoms with Gasteiger partial charge in [-0.25, -0.2) is 0 Å². The van der Waals surface area contributed by atoms with E-state index in [4.69, 9.17) is 28.3 Å². The van der Waals surface area contributed by atoms with Gasteiger partial charge in [-0.1, -0.05) is 36.5 Å². The lowest BCUT2D eigenvalue weighted by molar-refractivity contribution is 0.222. The van der Waals surface area contributed by atoms with Crippen molar-refractivity contribution in [3.63, 3.8) is 0 Å². The van der Waals surface area contributed by atoms with Crippen LogP contribution in [0.3, 0.4) is 0 Å². The first-order chi connectivity index (χ1) is 6.67. The van der Waals surface area contributed by atoms with Crippen molar-refractivity contribution in [1.29, 1.82) is 0 Å². The molecule has 0 fully saturated rings. The monoisotopic (exact) mass is 232 g/mol. The fourth-order valence-electron chi connectivity index (χ4n) is 1.35. The predicted octanol–water partition coefficient (Wildman–Crippen LogP) is 3.55. The van der Waals surface area contributed by atoms with Gasteiger partial charge in [-0.15, -0.1) is 0 Å². The zero-order chi connectivity index (χ0) is 10.6. The van der Waals surface area contributed by atoms with E-state index in [0.717, 1.165) is 23.4 Å². The van der Waals surface area contributed by atoms with Crippen LogP contribution in [0.2, 0.25) is 10.0 Å². The molecule has 0 aliphatic heterocycles. The van der Waals surface area contributed by atoms with E-state index < -0.39 is 0 Å². The minimum absolute atomic E-state index is 0.194. The molecule has 0 radical (unpaired) electrons. The van der Waals surface area contributed by atoms with E-state index in [-0.39, 0.29) is 12.5 Å². The largest absolute Gasteiger partial charge is 0.396 e. The van der Waals surface area contributed by atoms with Crippen molar-refractivity contribution in [2.24, 2.45) is 5.92 Å². The average molecular weight is 233 g/mol. The molecular formula is C11H14Cl2O. The summed E-state index contributed by atoms with van der Waals surface area (Å²) in [6.45, 7) is 2.25. The summed E-state index contributed by atoms with van der Waals surface area (Å²) in [5.74, 6) is 0.269. The molecule has 0 aromatic heterocycles. The number of hydrogen-bond donors (Lipinski definition) is 1. The molecule has 1 N–H and O–H groups in total. The van der Waals surface area contributed by atoms with Gasteiger partial charge in [-0.05, 0) is 36.1 Å². The molecule has 0 saturated carbocycles. The third kappa shape index (κ3) is 3.16. The Morgan fingerprint density at radius 1 is 1.36 bits per heavy atom. The van der Waals surface area contributed by atoms with E-state index in [9.17, 15) is 0 Å². The highest BCUT2D eigenvalue weighted by Gasteiger charge is 2.09. The first kappa shape index (κ1) is 11.8. The second-order valence-electron chi connectivity index (χ2n) is 3.40. The summed E-state index contributed by atoms with van der Waals surface area (Å²) in [5, 5.41) is 10.5. The topological polar surface area (TPSA) is 20.2 Å². The van der Waals surface area contributed by atoms with E-state index in [1.54, 1.807) is 12.1 Å². The Hall–Kier alpha value is -0.240. The summed E-state index contributed by atoms with van der Waals surface area (Å²) < 4.78 is 0. The van der Waals surface area contributed by atoms with Crippen molar-refractivity contribution in [2.75, 3.05) is 6.61 Å². The first-order valence-corrected chi connectivity index (χ1v) is 5.47. The molecule has 0 heterocycles. The number of halogens is 2. The molecule has 0 bridgehead atoms. The second kappa shape index (κ2) is 5.59. The average Bonchev–Trinajstić information content (AvgIpc) is 2.19. The summed E-state index contributed by atoms with van der Waals surface area (Å²) in [4.78, 5) is 0. The van der Waals surface area contributed by atoms with Crippen molar-refractivity contribution in [2.45, 2.75) is 19.8 Å². The van der Waals surface area contributed by atoms with Gasteiger partial charge < -0.3 is 5.11 Å². The Kier molecular flexibility index (Phi) is 4.73. The number of aliphatic hydroxyl groups is 1. The molecule has 1 nitrogen and oxygen atoms in total. The molecule has 0 aliphatic carbocycles. The van der Waals surface area contributed by atoms with E-state index in [1.165, 1.54) is 0 Å². The number of rotatable bonds is 4. The molecule has 14 heavy (non-hydrogen) atoms. The lowest BCUT2D eigenvalue weighted by Crippen LogP contribution is -2.08. The normalized spacial score (nSPS) is 12.9. The van der Waals surface area contributed by atoms with Crippen LogP contribution >= 0.6 is 23.2 Å². The van der Waals surface area contributed by atoms with Crippen LogP contribution in [0.1, 0.15) is 18.9 Å². The smallest absolute Gasteiger partial charge is 0.0462 e. The van der Waals surface area contributed by atoms with Gasteiger partial charge in [0.25, 0.3) is 0 Å². The number of aliphatic hydroxyl groups excluding tert-OH is 1. The molecule has 1 rings (SSSR count). The quantitative estimate of drug-likeness (QED) is 0.843. The maximum Gasteiger partial charge on any atom is 0.0462 e. The van der Waals surface area contributed by atoms with Crippen LogP contribution in [-0.4, -0.2) is 11.7 Å². The Bertz CT molecular complexity index is 295. The van der Waals surface area contributed by atoms with E-state index in [0.29, 0.717) is 5.02 Å². The maximum atomic E-state index is 9.07. The molecule has 1 unspecified atom stereocenters. The van der Waals surface area contributed by atoms with Crippen LogP contribution < -0.4 is 0 Å². The fraction of sp³-hybridized carbons (Fsp3) is 0.455. The number of hydrogen-bond acceptors (Lipinski definition) is 1. The molecular weight excluding hydrogens is 219 g/mol. The Morgan fingerprint density at radius 3 is 2.64 bits per heavy atom. The van der Waals surface area contributed by atoms with Gasteiger partial charge in [0, 0.05) is 16.7 Å². The Balaban J connectivity index is 2.79. The zero-order valence-electron chi connectivity index (χ0n) is 8.13. The van der Waals surface area contributed by atoms with Crippen LogP contribution in [-0.2, 0) is 6.42 Å². The lowest BCUT2D eigenvalue weighted by Gasteiger charge is -2.12. The van der Waals surface area contributed by atoms with Crippen molar-refractivity contribution < 1.29 is 5.11 Å². The van der Waals surface area contributed by atoms with Crippen molar-refractivity contribution in [1.82, 2.24) is 0 Å².